The molecule has 0 aliphatic carbocycles. The van der Waals surface area contributed by atoms with Gasteiger partial charge in [0.25, 0.3) is 0 Å². The quantitative estimate of drug-likeness (QED) is 0.686. The van der Waals surface area contributed by atoms with Crippen molar-refractivity contribution in [1.82, 2.24) is 15.2 Å². The van der Waals surface area contributed by atoms with E-state index in [0.717, 1.165) is 22.6 Å². The van der Waals surface area contributed by atoms with Crippen LogP contribution in [0.4, 0.5) is 15.7 Å². The number of anilines is 2. The highest BCUT2D eigenvalue weighted by Crippen LogP contribution is 2.21. The van der Waals surface area contributed by atoms with E-state index in [-0.39, 0.29) is 0 Å². The standard InChI is InChI=1S/C15H12N6OS/c1-9-2-4-10(5-3-9)12-6-13(21-20-12)18-14(22)19-15-17-8-11(7-16)23-15/h2-6,8H,1H3,(H3,17,18,19,20,21,22). The van der Waals surface area contributed by atoms with Crippen LogP contribution in [-0.2, 0) is 0 Å². The minimum Gasteiger partial charge on any atom is -0.291 e. The van der Waals surface area contributed by atoms with Gasteiger partial charge in [0, 0.05) is 6.07 Å². The van der Waals surface area contributed by atoms with Gasteiger partial charge < -0.3 is 0 Å². The van der Waals surface area contributed by atoms with E-state index in [4.69, 9.17) is 5.26 Å². The second-order valence-electron chi connectivity index (χ2n) is 4.75. The van der Waals surface area contributed by atoms with Crippen LogP contribution in [-0.4, -0.2) is 21.2 Å². The number of amides is 2. The fourth-order valence-corrected chi connectivity index (χ4v) is 2.50. The second-order valence-corrected chi connectivity index (χ2v) is 5.78. The first kappa shape index (κ1) is 14.7. The number of nitriles is 1. The summed E-state index contributed by atoms with van der Waals surface area (Å²) in [7, 11) is 0. The van der Waals surface area contributed by atoms with E-state index >= 15 is 0 Å². The summed E-state index contributed by atoms with van der Waals surface area (Å²) in [6.45, 7) is 2.02. The Hall–Kier alpha value is -3.18. The number of urea groups is 1. The number of nitrogens with one attached hydrogen (secondary N) is 3. The average Bonchev–Trinajstić information content (AvgIpc) is 3.17. The van der Waals surface area contributed by atoms with E-state index in [1.54, 1.807) is 6.07 Å². The molecule has 0 unspecified atom stereocenters. The van der Waals surface area contributed by atoms with E-state index in [0.29, 0.717) is 15.8 Å². The summed E-state index contributed by atoms with van der Waals surface area (Å²) in [6.07, 6.45) is 1.41. The average molecular weight is 324 g/mol. The van der Waals surface area contributed by atoms with Crippen molar-refractivity contribution in [3.63, 3.8) is 0 Å². The fraction of sp³-hybridized carbons (Fsp3) is 0.0667. The largest absolute Gasteiger partial charge is 0.326 e. The number of thiazole rings is 1. The third kappa shape index (κ3) is 3.53. The zero-order valence-corrected chi connectivity index (χ0v) is 12.9. The van der Waals surface area contributed by atoms with Gasteiger partial charge in [-0.1, -0.05) is 41.2 Å². The van der Waals surface area contributed by atoms with Crippen molar-refractivity contribution >= 4 is 28.3 Å². The molecule has 1 aromatic carbocycles. The normalized spacial score (nSPS) is 10.1. The molecule has 23 heavy (non-hydrogen) atoms. The Balaban J connectivity index is 1.65. The number of aryl methyl sites for hydroxylation is 1. The van der Waals surface area contributed by atoms with Crippen molar-refractivity contribution in [2.75, 3.05) is 10.6 Å². The maximum atomic E-state index is 11.9. The molecule has 0 atom stereocenters. The first-order chi connectivity index (χ1) is 11.1. The number of hydrogen-bond donors (Lipinski definition) is 3. The van der Waals surface area contributed by atoms with E-state index < -0.39 is 6.03 Å². The number of rotatable bonds is 3. The fourth-order valence-electron chi connectivity index (χ4n) is 1.90. The molecule has 7 nitrogen and oxygen atoms in total. The molecule has 0 radical (unpaired) electrons. The van der Waals surface area contributed by atoms with Gasteiger partial charge in [-0.3, -0.25) is 15.7 Å². The van der Waals surface area contributed by atoms with Gasteiger partial charge in [0.2, 0.25) is 0 Å². The summed E-state index contributed by atoms with van der Waals surface area (Å²) in [4.78, 5) is 16.2. The lowest BCUT2D eigenvalue weighted by molar-refractivity contribution is 0.262. The number of H-pyrrole nitrogens is 1. The molecule has 8 heteroatoms. The Morgan fingerprint density at radius 2 is 2.09 bits per heavy atom. The zero-order chi connectivity index (χ0) is 16.2. The molecule has 2 heterocycles. The highest BCUT2D eigenvalue weighted by Gasteiger charge is 2.09. The third-order valence-electron chi connectivity index (χ3n) is 3.02. The van der Waals surface area contributed by atoms with Gasteiger partial charge in [-0.15, -0.1) is 0 Å². The van der Waals surface area contributed by atoms with Gasteiger partial charge in [0.05, 0.1) is 11.9 Å². The van der Waals surface area contributed by atoms with Crippen LogP contribution in [0.2, 0.25) is 0 Å². The van der Waals surface area contributed by atoms with Gasteiger partial charge >= 0.3 is 6.03 Å². The lowest BCUT2D eigenvalue weighted by Crippen LogP contribution is -2.19. The number of carbonyl (C=O) groups is 1. The number of aromatic amines is 1. The molecule has 0 bridgehead atoms. The topological polar surface area (TPSA) is 106 Å². The van der Waals surface area contributed by atoms with Crippen LogP contribution in [0.3, 0.4) is 0 Å². The highest BCUT2D eigenvalue weighted by molar-refractivity contribution is 7.16. The van der Waals surface area contributed by atoms with Crippen LogP contribution < -0.4 is 10.6 Å². The summed E-state index contributed by atoms with van der Waals surface area (Å²) in [5.74, 6) is 0.398. The monoisotopic (exact) mass is 324 g/mol. The SMILES string of the molecule is Cc1ccc(-c2cc(NC(=O)Nc3ncc(C#N)s3)n[nH]2)cc1. The molecule has 2 amide bonds. The molecule has 3 rings (SSSR count). The minimum atomic E-state index is -0.467. The Morgan fingerprint density at radius 1 is 1.30 bits per heavy atom. The Kier molecular flexibility index (Phi) is 4.03. The van der Waals surface area contributed by atoms with Crippen LogP contribution in [0.5, 0.6) is 0 Å². The maximum Gasteiger partial charge on any atom is 0.326 e. The summed E-state index contributed by atoms with van der Waals surface area (Å²) >= 11 is 1.10. The predicted molar refractivity (Wildman–Crippen MR) is 88.2 cm³/mol. The predicted octanol–water partition coefficient (Wildman–Crippen LogP) is 3.36. The van der Waals surface area contributed by atoms with Crippen LogP contribution in [0.1, 0.15) is 10.4 Å². The number of carbonyl (C=O) groups excluding carboxylic acids is 1. The Morgan fingerprint density at radius 3 is 2.78 bits per heavy atom. The molecule has 0 saturated heterocycles. The van der Waals surface area contributed by atoms with Crippen LogP contribution >= 0.6 is 11.3 Å². The molecular formula is C15H12N6OS. The molecule has 114 valence electrons. The van der Waals surface area contributed by atoms with Crippen molar-refractivity contribution in [1.29, 1.82) is 5.26 Å². The summed E-state index contributed by atoms with van der Waals surface area (Å²) in [5.41, 5.74) is 2.96. The van der Waals surface area contributed by atoms with Crippen molar-refractivity contribution in [3.8, 4) is 17.3 Å². The van der Waals surface area contributed by atoms with Crippen molar-refractivity contribution in [3.05, 3.63) is 47.0 Å². The molecule has 0 fully saturated rings. The van der Waals surface area contributed by atoms with E-state index in [9.17, 15) is 4.79 Å². The van der Waals surface area contributed by atoms with Gasteiger partial charge in [0.1, 0.15) is 10.9 Å². The van der Waals surface area contributed by atoms with Crippen molar-refractivity contribution in [2.24, 2.45) is 0 Å². The molecule has 0 aliphatic rings. The van der Waals surface area contributed by atoms with Crippen molar-refractivity contribution in [2.45, 2.75) is 6.92 Å². The maximum absolute atomic E-state index is 11.9. The highest BCUT2D eigenvalue weighted by atomic mass is 32.1. The minimum absolute atomic E-state index is 0.355. The van der Waals surface area contributed by atoms with E-state index in [2.05, 4.69) is 25.8 Å². The molecule has 0 aliphatic heterocycles. The summed E-state index contributed by atoms with van der Waals surface area (Å²) < 4.78 is 0. The molecule has 3 aromatic rings. The summed E-state index contributed by atoms with van der Waals surface area (Å²) in [5, 5.41) is 21.2. The molecule has 3 N–H and O–H groups in total. The first-order valence-electron chi connectivity index (χ1n) is 6.70. The number of aromatic nitrogens is 3. The number of hydrogen-bond acceptors (Lipinski definition) is 5. The molecule has 0 spiro atoms. The zero-order valence-electron chi connectivity index (χ0n) is 12.1. The second kappa shape index (κ2) is 6.29. The molecular weight excluding hydrogens is 312 g/mol. The van der Waals surface area contributed by atoms with Crippen LogP contribution in [0.15, 0.2) is 36.5 Å². The smallest absolute Gasteiger partial charge is 0.291 e. The molecule has 2 aromatic heterocycles. The van der Waals surface area contributed by atoms with Gasteiger partial charge in [-0.2, -0.15) is 10.4 Å². The van der Waals surface area contributed by atoms with Gasteiger partial charge in [-0.05, 0) is 12.5 Å². The van der Waals surface area contributed by atoms with E-state index in [1.165, 1.54) is 11.8 Å². The van der Waals surface area contributed by atoms with E-state index in [1.807, 2.05) is 37.3 Å². The summed E-state index contributed by atoms with van der Waals surface area (Å²) in [6, 6.07) is 11.2. The van der Waals surface area contributed by atoms with Crippen molar-refractivity contribution < 1.29 is 4.79 Å². The van der Waals surface area contributed by atoms with Crippen LogP contribution in [0, 0.1) is 18.3 Å². The lowest BCUT2D eigenvalue weighted by Gasteiger charge is -2.01. The third-order valence-corrected chi connectivity index (χ3v) is 3.84. The van der Waals surface area contributed by atoms with Gasteiger partial charge in [0.15, 0.2) is 10.9 Å². The number of nitrogens with zero attached hydrogens (tertiary/aromatic N) is 3. The lowest BCUT2D eigenvalue weighted by atomic mass is 10.1. The first-order valence-corrected chi connectivity index (χ1v) is 7.52. The van der Waals surface area contributed by atoms with Crippen LogP contribution in [0.25, 0.3) is 11.3 Å². The van der Waals surface area contributed by atoms with Gasteiger partial charge in [-0.25, -0.2) is 9.78 Å². The Bertz CT molecular complexity index is 874. The Labute approximate surface area is 136 Å². The molecule has 0 saturated carbocycles. The number of benzene rings is 1.